The molecule has 0 aliphatic heterocycles. The van der Waals surface area contributed by atoms with Gasteiger partial charge in [-0.05, 0) is 24.3 Å². The first kappa shape index (κ1) is 15.5. The van der Waals surface area contributed by atoms with Crippen LogP contribution in [0.2, 0.25) is 10.0 Å². The van der Waals surface area contributed by atoms with Crippen LogP contribution in [0.1, 0.15) is 0 Å². The number of halogens is 2. The number of benzene rings is 2. The standard InChI is InChI=1S/C16H13Cl2N5/c1-23(11-6-3-2-4-7-11)16-21-14(10-19-22-16)20-15-12(17)8-5-9-13(15)18/h2-10H,1H3,(H,20,21,22). The van der Waals surface area contributed by atoms with Gasteiger partial charge < -0.3 is 10.2 Å². The second-order valence-corrected chi connectivity index (χ2v) is 5.57. The Morgan fingerprint density at radius 2 is 1.65 bits per heavy atom. The van der Waals surface area contributed by atoms with E-state index in [9.17, 15) is 0 Å². The van der Waals surface area contributed by atoms with Crippen LogP contribution in [0.15, 0.2) is 54.7 Å². The third kappa shape index (κ3) is 3.52. The van der Waals surface area contributed by atoms with Gasteiger partial charge in [-0.25, -0.2) is 0 Å². The van der Waals surface area contributed by atoms with Gasteiger partial charge in [0, 0.05) is 12.7 Å². The minimum atomic E-state index is 0.462. The molecule has 1 aromatic heterocycles. The van der Waals surface area contributed by atoms with Crippen LogP contribution in [0.5, 0.6) is 0 Å². The first-order valence-corrected chi connectivity index (χ1v) is 7.60. The molecule has 0 saturated heterocycles. The van der Waals surface area contributed by atoms with Crippen molar-refractivity contribution < 1.29 is 0 Å². The molecule has 0 atom stereocenters. The Balaban J connectivity index is 1.89. The molecule has 0 saturated carbocycles. The molecule has 23 heavy (non-hydrogen) atoms. The highest BCUT2D eigenvalue weighted by atomic mass is 35.5. The van der Waals surface area contributed by atoms with Crippen molar-refractivity contribution in [1.29, 1.82) is 0 Å². The molecule has 0 fully saturated rings. The van der Waals surface area contributed by atoms with Gasteiger partial charge in [0.05, 0.1) is 21.9 Å². The van der Waals surface area contributed by atoms with Crippen molar-refractivity contribution in [2.45, 2.75) is 0 Å². The van der Waals surface area contributed by atoms with Crippen molar-refractivity contribution in [3.05, 3.63) is 64.8 Å². The van der Waals surface area contributed by atoms with Gasteiger partial charge in [0.15, 0.2) is 5.82 Å². The summed E-state index contributed by atoms with van der Waals surface area (Å²) in [5, 5.41) is 12.1. The monoisotopic (exact) mass is 345 g/mol. The lowest BCUT2D eigenvalue weighted by atomic mass is 10.3. The van der Waals surface area contributed by atoms with E-state index >= 15 is 0 Å². The highest BCUT2D eigenvalue weighted by molar-refractivity contribution is 6.39. The third-order valence-corrected chi connectivity index (χ3v) is 3.84. The van der Waals surface area contributed by atoms with Crippen molar-refractivity contribution in [2.24, 2.45) is 0 Å². The largest absolute Gasteiger partial charge is 0.336 e. The van der Waals surface area contributed by atoms with Gasteiger partial charge >= 0.3 is 0 Å². The molecule has 0 aliphatic carbocycles. The van der Waals surface area contributed by atoms with Gasteiger partial charge in [0.2, 0.25) is 0 Å². The summed E-state index contributed by atoms with van der Waals surface area (Å²) in [5.41, 5.74) is 1.55. The zero-order chi connectivity index (χ0) is 16.2. The number of hydrogen-bond acceptors (Lipinski definition) is 5. The van der Waals surface area contributed by atoms with Crippen LogP contribution in [-0.2, 0) is 0 Å². The van der Waals surface area contributed by atoms with Gasteiger partial charge in [-0.15, -0.1) is 5.10 Å². The van der Waals surface area contributed by atoms with E-state index in [4.69, 9.17) is 23.2 Å². The van der Waals surface area contributed by atoms with Gasteiger partial charge in [0.1, 0.15) is 0 Å². The second kappa shape index (κ2) is 6.81. The molecule has 0 radical (unpaired) electrons. The number of anilines is 4. The van der Waals surface area contributed by atoms with E-state index in [0.717, 1.165) is 5.69 Å². The fraction of sp³-hybridized carbons (Fsp3) is 0.0625. The maximum atomic E-state index is 6.16. The van der Waals surface area contributed by atoms with Crippen LogP contribution in [0, 0.1) is 0 Å². The van der Waals surface area contributed by atoms with Gasteiger partial charge in [-0.3, -0.25) is 0 Å². The third-order valence-electron chi connectivity index (χ3n) is 3.21. The fourth-order valence-corrected chi connectivity index (χ4v) is 2.50. The average molecular weight is 346 g/mol. The van der Waals surface area contributed by atoms with Gasteiger partial charge in [-0.2, -0.15) is 10.1 Å². The summed E-state index contributed by atoms with van der Waals surface area (Å²) in [4.78, 5) is 6.29. The first-order valence-electron chi connectivity index (χ1n) is 6.84. The highest BCUT2D eigenvalue weighted by Gasteiger charge is 2.11. The number of para-hydroxylation sites is 2. The van der Waals surface area contributed by atoms with Crippen LogP contribution < -0.4 is 10.2 Å². The van der Waals surface area contributed by atoms with E-state index < -0.39 is 0 Å². The number of hydrogen-bond donors (Lipinski definition) is 1. The summed E-state index contributed by atoms with van der Waals surface area (Å²) in [6, 6.07) is 15.1. The predicted molar refractivity (Wildman–Crippen MR) is 94.1 cm³/mol. The van der Waals surface area contributed by atoms with E-state index in [1.54, 1.807) is 18.2 Å². The van der Waals surface area contributed by atoms with E-state index in [1.807, 2.05) is 42.3 Å². The lowest BCUT2D eigenvalue weighted by molar-refractivity contribution is 0.932. The Kier molecular flexibility index (Phi) is 4.60. The Bertz CT molecular complexity index is 790. The summed E-state index contributed by atoms with van der Waals surface area (Å²) in [6.45, 7) is 0. The Labute approximate surface area is 143 Å². The van der Waals surface area contributed by atoms with E-state index in [0.29, 0.717) is 27.5 Å². The molecular formula is C16H13Cl2N5. The Morgan fingerprint density at radius 3 is 2.35 bits per heavy atom. The van der Waals surface area contributed by atoms with E-state index in [1.165, 1.54) is 6.20 Å². The second-order valence-electron chi connectivity index (χ2n) is 4.76. The SMILES string of the molecule is CN(c1ccccc1)c1nncc(Nc2c(Cl)cccc2Cl)n1. The van der Waals surface area contributed by atoms with Crippen LogP contribution in [0.25, 0.3) is 0 Å². The van der Waals surface area contributed by atoms with Crippen LogP contribution >= 0.6 is 23.2 Å². The maximum absolute atomic E-state index is 6.16. The smallest absolute Gasteiger partial charge is 0.251 e. The molecule has 0 bridgehead atoms. The first-order chi connectivity index (χ1) is 11.1. The van der Waals surface area contributed by atoms with Gasteiger partial charge in [-0.1, -0.05) is 47.5 Å². The highest BCUT2D eigenvalue weighted by Crippen LogP contribution is 2.32. The normalized spacial score (nSPS) is 10.4. The van der Waals surface area contributed by atoms with Crippen molar-refractivity contribution in [1.82, 2.24) is 15.2 Å². The minimum absolute atomic E-state index is 0.462. The topological polar surface area (TPSA) is 53.9 Å². The summed E-state index contributed by atoms with van der Waals surface area (Å²) < 4.78 is 0. The Hall–Kier alpha value is -2.37. The van der Waals surface area contributed by atoms with Crippen molar-refractivity contribution in [3.8, 4) is 0 Å². The average Bonchev–Trinajstić information content (AvgIpc) is 2.59. The molecule has 0 aliphatic rings. The molecule has 0 unspecified atom stereocenters. The quantitative estimate of drug-likeness (QED) is 0.743. The lowest BCUT2D eigenvalue weighted by Crippen LogP contribution is -2.14. The summed E-state index contributed by atoms with van der Waals surface area (Å²) >= 11 is 12.3. The molecule has 2 aromatic carbocycles. The van der Waals surface area contributed by atoms with Crippen LogP contribution in [-0.4, -0.2) is 22.2 Å². The summed E-state index contributed by atoms with van der Waals surface area (Å²) in [5.74, 6) is 0.970. The molecule has 0 amide bonds. The van der Waals surface area contributed by atoms with Crippen LogP contribution in [0.4, 0.5) is 23.1 Å². The molecule has 116 valence electrons. The van der Waals surface area contributed by atoms with E-state index in [2.05, 4.69) is 20.5 Å². The summed E-state index contributed by atoms with van der Waals surface area (Å²) in [6.07, 6.45) is 1.52. The molecule has 5 nitrogen and oxygen atoms in total. The fourth-order valence-electron chi connectivity index (χ4n) is 2.01. The van der Waals surface area contributed by atoms with E-state index in [-0.39, 0.29) is 0 Å². The molecule has 0 spiro atoms. The molecule has 1 heterocycles. The molecular weight excluding hydrogens is 333 g/mol. The maximum Gasteiger partial charge on any atom is 0.251 e. The number of nitrogens with zero attached hydrogens (tertiary/aromatic N) is 4. The van der Waals surface area contributed by atoms with Crippen molar-refractivity contribution >= 4 is 46.3 Å². The van der Waals surface area contributed by atoms with Gasteiger partial charge in [0.25, 0.3) is 5.95 Å². The molecule has 7 heteroatoms. The Morgan fingerprint density at radius 1 is 0.957 bits per heavy atom. The lowest BCUT2D eigenvalue weighted by Gasteiger charge is -2.17. The number of rotatable bonds is 4. The molecule has 3 rings (SSSR count). The van der Waals surface area contributed by atoms with Crippen molar-refractivity contribution in [2.75, 3.05) is 17.3 Å². The number of nitrogens with one attached hydrogen (secondary N) is 1. The number of aromatic nitrogens is 3. The minimum Gasteiger partial charge on any atom is -0.336 e. The van der Waals surface area contributed by atoms with Crippen LogP contribution in [0.3, 0.4) is 0 Å². The predicted octanol–water partition coefficient (Wildman–Crippen LogP) is 4.69. The zero-order valence-electron chi connectivity index (χ0n) is 12.2. The van der Waals surface area contributed by atoms with Crippen molar-refractivity contribution in [3.63, 3.8) is 0 Å². The molecule has 3 aromatic rings. The molecule has 1 N–H and O–H groups in total. The summed E-state index contributed by atoms with van der Waals surface area (Å²) in [7, 11) is 1.87. The zero-order valence-corrected chi connectivity index (χ0v) is 13.8.